The molecule has 4 heteroatoms. The molecule has 0 amide bonds. The second kappa shape index (κ2) is 4.31. The zero-order valence-electron chi connectivity index (χ0n) is 9.56. The van der Waals surface area contributed by atoms with Crippen LogP contribution < -0.4 is 15.2 Å². The topological polar surface area (TPSA) is 64.7 Å². The average Bonchev–Trinajstić information content (AvgIpc) is 2.29. The van der Waals surface area contributed by atoms with Crippen LogP contribution in [0.15, 0.2) is 12.1 Å². The van der Waals surface area contributed by atoms with Crippen molar-refractivity contribution >= 4 is 0 Å². The first kappa shape index (κ1) is 11.2. The van der Waals surface area contributed by atoms with Crippen LogP contribution in [-0.2, 0) is 12.8 Å². The lowest BCUT2D eigenvalue weighted by molar-refractivity contribution is 0.135. The number of aliphatic hydroxyl groups excluding tert-OH is 1. The number of fused-ring (bicyclic) bond motifs is 1. The van der Waals surface area contributed by atoms with E-state index in [0.717, 1.165) is 22.6 Å². The number of methoxy groups -OCH3 is 2. The van der Waals surface area contributed by atoms with E-state index in [0.29, 0.717) is 12.8 Å². The zero-order valence-corrected chi connectivity index (χ0v) is 9.56. The van der Waals surface area contributed by atoms with E-state index in [1.54, 1.807) is 14.2 Å². The minimum Gasteiger partial charge on any atom is -0.496 e. The molecule has 0 aromatic heterocycles. The molecule has 0 fully saturated rings. The van der Waals surface area contributed by atoms with Crippen molar-refractivity contribution in [3.05, 3.63) is 23.3 Å². The van der Waals surface area contributed by atoms with Crippen molar-refractivity contribution in [1.29, 1.82) is 0 Å². The molecule has 2 rings (SSSR count). The lowest BCUT2D eigenvalue weighted by Crippen LogP contribution is -2.41. The quantitative estimate of drug-likeness (QED) is 0.766. The average molecular weight is 223 g/mol. The summed E-state index contributed by atoms with van der Waals surface area (Å²) >= 11 is 0. The third kappa shape index (κ3) is 1.74. The van der Waals surface area contributed by atoms with Crippen LogP contribution in [0.2, 0.25) is 0 Å². The van der Waals surface area contributed by atoms with E-state index in [2.05, 4.69) is 0 Å². The third-order valence-electron chi connectivity index (χ3n) is 3.13. The summed E-state index contributed by atoms with van der Waals surface area (Å²) in [6.45, 7) is 0. The second-order valence-electron chi connectivity index (χ2n) is 4.07. The first-order valence-electron chi connectivity index (χ1n) is 5.33. The number of rotatable bonds is 2. The minimum absolute atomic E-state index is 0.228. The SMILES string of the molecule is COc1ccc(OC)c2c1C[C@H](N)[C@@H](O)C2. The molecule has 2 atom stereocenters. The van der Waals surface area contributed by atoms with Gasteiger partial charge in [-0.05, 0) is 18.6 Å². The maximum absolute atomic E-state index is 9.79. The van der Waals surface area contributed by atoms with Gasteiger partial charge in [-0.2, -0.15) is 0 Å². The van der Waals surface area contributed by atoms with Crippen molar-refractivity contribution in [2.45, 2.75) is 25.0 Å². The standard InChI is InChI=1S/C12H17NO3/c1-15-11-3-4-12(16-2)8-6-10(14)9(13)5-7(8)11/h3-4,9-10,14H,5-6,13H2,1-2H3/t9-,10-/m0/s1. The molecule has 0 saturated carbocycles. The molecule has 1 aliphatic rings. The maximum Gasteiger partial charge on any atom is 0.122 e. The van der Waals surface area contributed by atoms with Crippen LogP contribution in [-0.4, -0.2) is 31.5 Å². The molecule has 0 heterocycles. The Hall–Kier alpha value is -1.26. The fourth-order valence-corrected chi connectivity index (χ4v) is 2.21. The Labute approximate surface area is 95.0 Å². The lowest BCUT2D eigenvalue weighted by atomic mass is 9.85. The van der Waals surface area contributed by atoms with Gasteiger partial charge in [-0.25, -0.2) is 0 Å². The summed E-state index contributed by atoms with van der Waals surface area (Å²) in [6, 6.07) is 3.51. The number of hydrogen-bond donors (Lipinski definition) is 2. The second-order valence-corrected chi connectivity index (χ2v) is 4.07. The van der Waals surface area contributed by atoms with E-state index < -0.39 is 6.10 Å². The normalized spacial score (nSPS) is 23.8. The van der Waals surface area contributed by atoms with Crippen LogP contribution in [0.1, 0.15) is 11.1 Å². The monoisotopic (exact) mass is 223 g/mol. The summed E-state index contributed by atoms with van der Waals surface area (Å²) in [5.74, 6) is 1.61. The smallest absolute Gasteiger partial charge is 0.122 e. The summed E-state index contributed by atoms with van der Waals surface area (Å²) < 4.78 is 10.6. The molecule has 4 nitrogen and oxygen atoms in total. The van der Waals surface area contributed by atoms with Crippen LogP contribution >= 0.6 is 0 Å². The van der Waals surface area contributed by atoms with Crippen LogP contribution in [0.25, 0.3) is 0 Å². The molecule has 0 spiro atoms. The molecule has 88 valence electrons. The van der Waals surface area contributed by atoms with Gasteiger partial charge in [0.15, 0.2) is 0 Å². The van der Waals surface area contributed by atoms with Crippen molar-refractivity contribution in [1.82, 2.24) is 0 Å². The highest BCUT2D eigenvalue weighted by Gasteiger charge is 2.28. The summed E-state index contributed by atoms with van der Waals surface area (Å²) in [6.07, 6.45) is 0.641. The molecular formula is C12H17NO3. The van der Waals surface area contributed by atoms with E-state index in [1.165, 1.54) is 0 Å². The molecule has 1 aliphatic carbocycles. The van der Waals surface area contributed by atoms with Gasteiger partial charge >= 0.3 is 0 Å². The van der Waals surface area contributed by atoms with E-state index in [9.17, 15) is 5.11 Å². The molecular weight excluding hydrogens is 206 g/mol. The van der Waals surface area contributed by atoms with Gasteiger partial charge in [-0.3, -0.25) is 0 Å². The molecule has 16 heavy (non-hydrogen) atoms. The van der Waals surface area contributed by atoms with Crippen LogP contribution in [0.5, 0.6) is 11.5 Å². The lowest BCUT2D eigenvalue weighted by Gasteiger charge is -2.29. The Morgan fingerprint density at radius 3 is 2.12 bits per heavy atom. The van der Waals surface area contributed by atoms with E-state index in [4.69, 9.17) is 15.2 Å². The van der Waals surface area contributed by atoms with Gasteiger partial charge < -0.3 is 20.3 Å². The first-order chi connectivity index (χ1) is 7.67. The molecule has 0 bridgehead atoms. The largest absolute Gasteiger partial charge is 0.496 e. The fraction of sp³-hybridized carbons (Fsp3) is 0.500. The predicted octanol–water partition coefficient (Wildman–Crippen LogP) is 0.491. The summed E-state index contributed by atoms with van der Waals surface area (Å²) in [5, 5.41) is 9.79. The molecule has 0 radical (unpaired) electrons. The van der Waals surface area contributed by atoms with E-state index >= 15 is 0 Å². The van der Waals surface area contributed by atoms with Gasteiger partial charge in [0.25, 0.3) is 0 Å². The van der Waals surface area contributed by atoms with Gasteiger partial charge in [0.2, 0.25) is 0 Å². The van der Waals surface area contributed by atoms with Crippen LogP contribution in [0.3, 0.4) is 0 Å². The van der Waals surface area contributed by atoms with E-state index in [-0.39, 0.29) is 6.04 Å². The van der Waals surface area contributed by atoms with Gasteiger partial charge in [0, 0.05) is 23.6 Å². The van der Waals surface area contributed by atoms with Gasteiger partial charge in [-0.15, -0.1) is 0 Å². The number of hydrogen-bond acceptors (Lipinski definition) is 4. The Morgan fingerprint density at radius 2 is 1.62 bits per heavy atom. The van der Waals surface area contributed by atoms with Gasteiger partial charge in [-0.1, -0.05) is 0 Å². The fourth-order valence-electron chi connectivity index (χ4n) is 2.21. The molecule has 1 aromatic rings. The van der Waals surface area contributed by atoms with Crippen molar-refractivity contribution in [3.63, 3.8) is 0 Å². The van der Waals surface area contributed by atoms with E-state index in [1.807, 2.05) is 12.1 Å². The van der Waals surface area contributed by atoms with Crippen molar-refractivity contribution in [2.75, 3.05) is 14.2 Å². The summed E-state index contributed by atoms with van der Waals surface area (Å²) in [5.41, 5.74) is 7.93. The summed E-state index contributed by atoms with van der Waals surface area (Å²) in [7, 11) is 3.27. The summed E-state index contributed by atoms with van der Waals surface area (Å²) in [4.78, 5) is 0. The van der Waals surface area contributed by atoms with Gasteiger partial charge in [0.05, 0.1) is 20.3 Å². The van der Waals surface area contributed by atoms with Crippen LogP contribution in [0, 0.1) is 0 Å². The number of ether oxygens (including phenoxy) is 2. The van der Waals surface area contributed by atoms with Gasteiger partial charge in [0.1, 0.15) is 11.5 Å². The highest BCUT2D eigenvalue weighted by Crippen LogP contribution is 2.35. The third-order valence-corrected chi connectivity index (χ3v) is 3.13. The van der Waals surface area contributed by atoms with Crippen LogP contribution in [0.4, 0.5) is 0 Å². The number of nitrogens with two attached hydrogens (primary N) is 1. The maximum atomic E-state index is 9.79. The molecule has 1 aromatic carbocycles. The molecule has 3 N–H and O–H groups in total. The number of benzene rings is 1. The Morgan fingerprint density at radius 1 is 1.12 bits per heavy atom. The molecule has 0 aliphatic heterocycles. The number of aliphatic hydroxyl groups is 1. The first-order valence-corrected chi connectivity index (χ1v) is 5.33. The zero-order chi connectivity index (χ0) is 11.7. The Balaban J connectivity index is 2.50. The highest BCUT2D eigenvalue weighted by atomic mass is 16.5. The molecule has 0 unspecified atom stereocenters. The minimum atomic E-state index is -0.506. The van der Waals surface area contributed by atoms with Crippen molar-refractivity contribution in [2.24, 2.45) is 5.73 Å². The molecule has 0 saturated heterocycles. The highest BCUT2D eigenvalue weighted by molar-refractivity contribution is 5.51. The Kier molecular flexibility index (Phi) is 3.03. The predicted molar refractivity (Wildman–Crippen MR) is 60.9 cm³/mol. The Bertz CT molecular complexity index is 355. The van der Waals surface area contributed by atoms with Crippen molar-refractivity contribution in [3.8, 4) is 11.5 Å². The van der Waals surface area contributed by atoms with Crippen molar-refractivity contribution < 1.29 is 14.6 Å².